The fraction of sp³-hybridized carbons (Fsp3) is 0. The van der Waals surface area contributed by atoms with Gasteiger partial charge in [0.25, 0.3) is 0 Å². The Balaban J connectivity index is 1.43. The molecule has 0 saturated heterocycles. The highest BCUT2D eigenvalue weighted by atomic mass is 16.3. The van der Waals surface area contributed by atoms with Gasteiger partial charge >= 0.3 is 0 Å². The zero-order valence-corrected chi connectivity index (χ0v) is 21.3. The van der Waals surface area contributed by atoms with E-state index in [9.17, 15) is 5.11 Å². The number of hydrogen-bond donors (Lipinski definition) is 1. The number of hydrogen-bond acceptors (Lipinski definition) is 3. The fourth-order valence-corrected chi connectivity index (χ4v) is 4.99. The molecule has 4 heteroatoms. The number of aromatic nitrogens is 3. The number of fused-ring (bicyclic) bond motifs is 1. The van der Waals surface area contributed by atoms with Crippen LogP contribution in [0.2, 0.25) is 0 Å². The third kappa shape index (κ3) is 4.22. The van der Waals surface area contributed by atoms with Gasteiger partial charge in [-0.25, -0.2) is 4.98 Å². The van der Waals surface area contributed by atoms with Crippen LogP contribution < -0.4 is 0 Å². The predicted molar refractivity (Wildman–Crippen MR) is 162 cm³/mol. The van der Waals surface area contributed by atoms with Crippen LogP contribution in [0.1, 0.15) is 5.48 Å². The van der Waals surface area contributed by atoms with E-state index in [1.807, 2.05) is 108 Å². The van der Waals surface area contributed by atoms with Crippen LogP contribution in [0.15, 0.2) is 146 Å². The number of phenols is 1. The molecule has 1 N–H and O–H groups in total. The number of phenolic OH excluding ortho intramolecular Hbond substituents is 1. The van der Waals surface area contributed by atoms with Gasteiger partial charge in [0.2, 0.25) is 0 Å². The second kappa shape index (κ2) is 10.0. The van der Waals surface area contributed by atoms with E-state index < -0.39 is 0 Å². The van der Waals surface area contributed by atoms with Gasteiger partial charge in [-0.1, -0.05) is 91.0 Å². The molecule has 2 heterocycles. The Morgan fingerprint density at radius 2 is 1.40 bits per heavy atom. The molecule has 5 aromatic carbocycles. The number of aromatic hydroxyl groups is 1. The van der Waals surface area contributed by atoms with Gasteiger partial charge in [0.15, 0.2) is 0 Å². The molecule has 7 rings (SSSR count). The number of pyridine rings is 1. The third-order valence-electron chi connectivity index (χ3n) is 6.85. The van der Waals surface area contributed by atoms with Gasteiger partial charge in [0.1, 0.15) is 11.6 Å². The minimum absolute atomic E-state index is 0.00662. The average Bonchev–Trinajstić information content (AvgIpc) is 3.41. The van der Waals surface area contributed by atoms with Crippen LogP contribution in [-0.4, -0.2) is 19.6 Å². The Hall–Kier alpha value is -5.48. The zero-order valence-electron chi connectivity index (χ0n) is 25.3. The molecule has 0 amide bonds. The highest BCUT2D eigenvalue weighted by molar-refractivity contribution is 5.96. The fourth-order valence-electron chi connectivity index (χ4n) is 4.99. The molecule has 0 aliphatic rings. The van der Waals surface area contributed by atoms with Crippen molar-refractivity contribution in [3.8, 4) is 56.3 Å². The summed E-state index contributed by atoms with van der Waals surface area (Å²) in [5.74, 6) is 0.214. The molecule has 190 valence electrons. The number of para-hydroxylation sites is 3. The van der Waals surface area contributed by atoms with Crippen LogP contribution in [0.3, 0.4) is 0 Å². The summed E-state index contributed by atoms with van der Waals surface area (Å²) in [6, 6.07) is 35.9. The van der Waals surface area contributed by atoms with E-state index in [0.29, 0.717) is 22.6 Å². The van der Waals surface area contributed by atoms with Crippen LogP contribution in [-0.2, 0) is 0 Å². The van der Waals surface area contributed by atoms with Gasteiger partial charge in [-0.05, 0) is 65.1 Å². The van der Waals surface area contributed by atoms with Gasteiger partial charge in [-0.3, -0.25) is 9.55 Å². The summed E-state index contributed by atoms with van der Waals surface area (Å²) < 4.78 is 35.9. The van der Waals surface area contributed by atoms with Gasteiger partial charge in [-0.2, -0.15) is 0 Å². The maximum absolute atomic E-state index is 10.9. The quantitative estimate of drug-likeness (QED) is 0.247. The molecule has 0 bridgehead atoms. The van der Waals surface area contributed by atoms with Crippen molar-refractivity contribution in [1.29, 1.82) is 0 Å². The average molecular weight is 520 g/mol. The Labute approximate surface area is 238 Å². The number of imidazole rings is 1. The van der Waals surface area contributed by atoms with Crippen molar-refractivity contribution in [2.24, 2.45) is 0 Å². The van der Waals surface area contributed by atoms with Gasteiger partial charge in [0, 0.05) is 23.0 Å². The van der Waals surface area contributed by atoms with Crippen molar-refractivity contribution in [2.45, 2.75) is 0 Å². The van der Waals surface area contributed by atoms with Gasteiger partial charge in [0.05, 0.1) is 27.8 Å². The first-order valence-electron chi connectivity index (χ1n) is 14.9. The summed E-state index contributed by atoms with van der Waals surface area (Å²) in [6.45, 7) is 0. The second-order valence-electron chi connectivity index (χ2n) is 9.34. The highest BCUT2D eigenvalue weighted by Gasteiger charge is 2.19. The lowest BCUT2D eigenvalue weighted by molar-refractivity contribution is 0.477. The molecular formula is C36H25N3O. The molecule has 4 nitrogen and oxygen atoms in total. The van der Waals surface area contributed by atoms with Crippen molar-refractivity contribution in [3.63, 3.8) is 0 Å². The number of benzene rings is 5. The lowest BCUT2D eigenvalue weighted by Gasteiger charge is -2.11. The SMILES string of the molecule is [2H]c1cc([2H])c(-c2nc3c(-c4cccc(-c5ncc([2H])c(-c6ccccc6)c5[2H])c4)cccc3n2-c2ccccc2)c(O)c1. The molecular weight excluding hydrogens is 490 g/mol. The second-order valence-corrected chi connectivity index (χ2v) is 9.34. The molecule has 0 radical (unpaired) electrons. The summed E-state index contributed by atoms with van der Waals surface area (Å²) in [7, 11) is 0. The zero-order chi connectivity index (χ0) is 30.4. The van der Waals surface area contributed by atoms with Crippen molar-refractivity contribution < 1.29 is 10.6 Å². The maximum Gasteiger partial charge on any atom is 0.149 e. The molecule has 7 aromatic rings. The van der Waals surface area contributed by atoms with E-state index >= 15 is 0 Å². The first-order valence-corrected chi connectivity index (χ1v) is 12.9. The Bertz CT molecular complexity index is 2160. The first-order chi connectivity index (χ1) is 21.4. The lowest BCUT2D eigenvalue weighted by atomic mass is 9.99. The molecule has 40 heavy (non-hydrogen) atoms. The van der Waals surface area contributed by atoms with Crippen molar-refractivity contribution in [1.82, 2.24) is 14.5 Å². The first kappa shape index (κ1) is 19.6. The Kier molecular flexibility index (Phi) is 4.90. The monoisotopic (exact) mass is 519 g/mol. The lowest BCUT2D eigenvalue weighted by Crippen LogP contribution is -1.97. The number of rotatable bonds is 5. The predicted octanol–water partition coefficient (Wildman–Crippen LogP) is 8.79. The molecule has 0 spiro atoms. The van der Waals surface area contributed by atoms with E-state index in [0.717, 1.165) is 33.5 Å². The maximum atomic E-state index is 10.9. The largest absolute Gasteiger partial charge is 0.507 e. The van der Waals surface area contributed by atoms with Crippen LogP contribution in [0.4, 0.5) is 0 Å². The van der Waals surface area contributed by atoms with E-state index in [1.165, 1.54) is 18.3 Å². The molecule has 0 saturated carbocycles. The Morgan fingerprint density at radius 1 is 0.650 bits per heavy atom. The molecule has 0 atom stereocenters. The molecule has 0 fully saturated rings. The third-order valence-corrected chi connectivity index (χ3v) is 6.85. The van der Waals surface area contributed by atoms with Crippen molar-refractivity contribution in [2.75, 3.05) is 0 Å². The van der Waals surface area contributed by atoms with E-state index in [4.69, 9.17) is 10.5 Å². The smallest absolute Gasteiger partial charge is 0.149 e. The molecule has 0 aliphatic heterocycles. The topological polar surface area (TPSA) is 50.9 Å². The summed E-state index contributed by atoms with van der Waals surface area (Å²) in [5.41, 5.74) is 6.73. The summed E-state index contributed by atoms with van der Waals surface area (Å²) in [5, 5.41) is 10.9. The van der Waals surface area contributed by atoms with Crippen LogP contribution in [0, 0.1) is 0 Å². The Morgan fingerprint density at radius 3 is 2.23 bits per heavy atom. The molecule has 0 unspecified atom stereocenters. The van der Waals surface area contributed by atoms with E-state index in [1.54, 1.807) is 0 Å². The standard InChI is InChI=1S/C36H25N3O/c40-34-20-8-7-17-31(34)36-38-35-30(18-10-19-33(35)39(36)29-15-5-2-6-16-29)27-13-9-14-28(23-27)32-24-26(21-22-37-32)25-11-3-1-4-12-25/h1-24,40H/i8D,17D,21D,24D. The minimum Gasteiger partial charge on any atom is -0.507 e. The number of nitrogens with zero attached hydrogens (tertiary/aromatic N) is 3. The van der Waals surface area contributed by atoms with Crippen LogP contribution in [0.25, 0.3) is 61.6 Å². The van der Waals surface area contributed by atoms with Gasteiger partial charge in [-0.15, -0.1) is 0 Å². The van der Waals surface area contributed by atoms with E-state index in [2.05, 4.69) is 4.98 Å². The summed E-state index contributed by atoms with van der Waals surface area (Å²) in [6.07, 6.45) is 1.49. The minimum atomic E-state index is -0.181. The molecule has 2 aromatic heterocycles. The van der Waals surface area contributed by atoms with Crippen molar-refractivity contribution >= 4 is 11.0 Å². The normalized spacial score (nSPS) is 12.5. The highest BCUT2D eigenvalue weighted by Crippen LogP contribution is 2.38. The molecule has 0 aliphatic carbocycles. The van der Waals surface area contributed by atoms with Crippen LogP contribution in [0.5, 0.6) is 5.75 Å². The summed E-state index contributed by atoms with van der Waals surface area (Å²) >= 11 is 0. The van der Waals surface area contributed by atoms with Crippen molar-refractivity contribution in [3.05, 3.63) is 146 Å². The van der Waals surface area contributed by atoms with Crippen LogP contribution >= 0.6 is 0 Å². The summed E-state index contributed by atoms with van der Waals surface area (Å²) in [4.78, 5) is 9.51. The van der Waals surface area contributed by atoms with E-state index in [-0.39, 0.29) is 35.5 Å². The van der Waals surface area contributed by atoms with Gasteiger partial charge < -0.3 is 5.11 Å².